The Morgan fingerprint density at radius 3 is 2.41 bits per heavy atom. The summed E-state index contributed by atoms with van der Waals surface area (Å²) in [6, 6.07) is 11.8. The van der Waals surface area contributed by atoms with Crippen molar-refractivity contribution < 1.29 is 28.2 Å². The number of amides is 1. The molecule has 3 rings (SSSR count). The fraction of sp³-hybridized carbons (Fsp3) is 0.273. The molecule has 6 nitrogen and oxygen atoms in total. The molecule has 3 aromatic rings. The summed E-state index contributed by atoms with van der Waals surface area (Å²) in [4.78, 5) is 16.7. The number of anilines is 2. The van der Waals surface area contributed by atoms with Gasteiger partial charge in [0, 0.05) is 42.3 Å². The number of nitrogens with one attached hydrogen (secondary N) is 2. The Kier molecular flexibility index (Phi) is 7.84. The average molecular weight is 465 g/mol. The quantitative estimate of drug-likeness (QED) is 0.381. The van der Waals surface area contributed by atoms with Crippen LogP contribution in [0.2, 0.25) is 0 Å². The summed E-state index contributed by atoms with van der Waals surface area (Å²) in [5.74, 6) is -0.668. The third kappa shape index (κ3) is 6.28. The standard InChI is InChI=1S/C22H22F3N3O3S/c23-22(24,25)18-3-1-2-4-19(18)26-10-14-5-7-16(8-6-14)20(31)28-21-27-17(13-32-21)9-15(11-29)12-30/h1-8,13,15,26,29-30H,9-12H2,(H,27,28,31). The molecule has 1 heterocycles. The number of nitrogens with zero attached hydrogens (tertiary/aromatic N) is 1. The predicted molar refractivity (Wildman–Crippen MR) is 117 cm³/mol. The molecule has 0 spiro atoms. The van der Waals surface area contributed by atoms with E-state index in [1.165, 1.54) is 29.5 Å². The highest BCUT2D eigenvalue weighted by Gasteiger charge is 2.33. The summed E-state index contributed by atoms with van der Waals surface area (Å²) >= 11 is 1.24. The van der Waals surface area contributed by atoms with Gasteiger partial charge < -0.3 is 15.5 Å². The molecule has 170 valence electrons. The lowest BCUT2D eigenvalue weighted by Crippen LogP contribution is -2.15. The zero-order valence-electron chi connectivity index (χ0n) is 16.9. The van der Waals surface area contributed by atoms with Gasteiger partial charge in [-0.05, 0) is 36.2 Å². The Morgan fingerprint density at radius 2 is 1.75 bits per heavy atom. The molecule has 4 N–H and O–H groups in total. The Morgan fingerprint density at radius 1 is 1.06 bits per heavy atom. The van der Waals surface area contributed by atoms with Crippen molar-refractivity contribution in [2.24, 2.45) is 5.92 Å². The number of carbonyl (C=O) groups is 1. The van der Waals surface area contributed by atoms with Gasteiger partial charge in [-0.15, -0.1) is 11.3 Å². The maximum absolute atomic E-state index is 13.1. The molecule has 10 heteroatoms. The molecule has 0 bridgehead atoms. The van der Waals surface area contributed by atoms with Crippen LogP contribution < -0.4 is 10.6 Å². The number of aromatic nitrogens is 1. The molecule has 2 aromatic carbocycles. The van der Waals surface area contributed by atoms with E-state index in [0.29, 0.717) is 28.4 Å². The summed E-state index contributed by atoms with van der Waals surface area (Å²) in [6.45, 7) is -0.140. The number of rotatable bonds is 9. The third-order valence-corrected chi connectivity index (χ3v) is 5.52. The first-order valence-electron chi connectivity index (χ1n) is 9.76. The van der Waals surface area contributed by atoms with Crippen LogP contribution >= 0.6 is 11.3 Å². The summed E-state index contributed by atoms with van der Waals surface area (Å²) in [5.41, 5.74) is 1.02. The van der Waals surface area contributed by atoms with Crippen LogP contribution in [-0.2, 0) is 19.1 Å². The molecule has 0 aliphatic heterocycles. The van der Waals surface area contributed by atoms with Gasteiger partial charge in [-0.3, -0.25) is 10.1 Å². The number of hydrogen-bond acceptors (Lipinski definition) is 6. The van der Waals surface area contributed by atoms with Crippen molar-refractivity contribution in [3.05, 3.63) is 76.3 Å². The van der Waals surface area contributed by atoms with Gasteiger partial charge in [0.1, 0.15) is 0 Å². The molecule has 0 unspecified atom stereocenters. The van der Waals surface area contributed by atoms with Gasteiger partial charge in [-0.2, -0.15) is 13.2 Å². The van der Waals surface area contributed by atoms with Gasteiger partial charge in [0.25, 0.3) is 5.91 Å². The SMILES string of the molecule is O=C(Nc1nc(CC(CO)CO)cs1)c1ccc(CNc2ccccc2C(F)(F)F)cc1. The number of aliphatic hydroxyl groups excluding tert-OH is 2. The van der Waals surface area contributed by atoms with E-state index in [1.807, 2.05) is 0 Å². The Hall–Kier alpha value is -2.95. The normalized spacial score (nSPS) is 11.6. The van der Waals surface area contributed by atoms with Gasteiger partial charge in [0.05, 0.1) is 11.3 Å². The van der Waals surface area contributed by atoms with Crippen LogP contribution in [0.25, 0.3) is 0 Å². The zero-order chi connectivity index (χ0) is 23.1. The molecule has 0 saturated heterocycles. The average Bonchev–Trinajstić information content (AvgIpc) is 3.22. The minimum atomic E-state index is -4.45. The van der Waals surface area contributed by atoms with Crippen LogP contribution in [0, 0.1) is 5.92 Å². The van der Waals surface area contributed by atoms with E-state index < -0.39 is 11.7 Å². The molecular formula is C22H22F3N3O3S. The first-order chi connectivity index (χ1) is 15.3. The van der Waals surface area contributed by atoms with Crippen molar-refractivity contribution in [2.75, 3.05) is 23.8 Å². The van der Waals surface area contributed by atoms with Crippen molar-refractivity contribution >= 4 is 28.1 Å². The summed E-state index contributed by atoms with van der Waals surface area (Å²) in [6.07, 6.45) is -4.04. The second kappa shape index (κ2) is 10.6. The fourth-order valence-electron chi connectivity index (χ4n) is 2.97. The molecule has 0 saturated carbocycles. The van der Waals surface area contributed by atoms with Gasteiger partial charge in [-0.25, -0.2) is 4.98 Å². The number of halogens is 3. The van der Waals surface area contributed by atoms with E-state index in [-0.39, 0.29) is 37.3 Å². The van der Waals surface area contributed by atoms with Crippen LogP contribution in [0.5, 0.6) is 0 Å². The van der Waals surface area contributed by atoms with E-state index in [0.717, 1.165) is 6.07 Å². The summed E-state index contributed by atoms with van der Waals surface area (Å²) in [7, 11) is 0. The molecule has 0 atom stereocenters. The molecule has 0 aliphatic rings. The number of aliphatic hydroxyl groups is 2. The zero-order valence-corrected chi connectivity index (χ0v) is 17.7. The van der Waals surface area contributed by atoms with Gasteiger partial charge in [0.2, 0.25) is 0 Å². The maximum atomic E-state index is 13.1. The molecule has 0 aliphatic carbocycles. The number of alkyl halides is 3. The van der Waals surface area contributed by atoms with Crippen LogP contribution in [0.3, 0.4) is 0 Å². The molecule has 1 aromatic heterocycles. The topological polar surface area (TPSA) is 94.5 Å². The number of thiazole rings is 1. The molecule has 0 fully saturated rings. The van der Waals surface area contributed by atoms with Crippen LogP contribution in [0.15, 0.2) is 53.9 Å². The second-order valence-electron chi connectivity index (χ2n) is 7.13. The van der Waals surface area contributed by atoms with E-state index in [1.54, 1.807) is 29.6 Å². The molecular weight excluding hydrogens is 443 g/mol. The lowest BCUT2D eigenvalue weighted by Gasteiger charge is -2.14. The molecule has 0 radical (unpaired) electrons. The maximum Gasteiger partial charge on any atom is 0.418 e. The predicted octanol–water partition coefficient (Wildman–Crippen LogP) is 4.17. The van der Waals surface area contributed by atoms with Crippen molar-refractivity contribution in [2.45, 2.75) is 19.1 Å². The van der Waals surface area contributed by atoms with Crippen LogP contribution in [0.1, 0.15) is 27.2 Å². The van der Waals surface area contributed by atoms with E-state index in [4.69, 9.17) is 10.2 Å². The number of carbonyl (C=O) groups excluding carboxylic acids is 1. The fourth-order valence-corrected chi connectivity index (χ4v) is 3.68. The van der Waals surface area contributed by atoms with E-state index >= 15 is 0 Å². The highest BCUT2D eigenvalue weighted by molar-refractivity contribution is 7.14. The summed E-state index contributed by atoms with van der Waals surface area (Å²) in [5, 5.41) is 25.9. The van der Waals surface area contributed by atoms with Gasteiger partial charge in [0.15, 0.2) is 5.13 Å². The minimum Gasteiger partial charge on any atom is -0.396 e. The summed E-state index contributed by atoms with van der Waals surface area (Å²) < 4.78 is 39.3. The number of para-hydroxylation sites is 1. The highest BCUT2D eigenvalue weighted by atomic mass is 32.1. The Labute approximate surface area is 186 Å². The van der Waals surface area contributed by atoms with Crippen molar-refractivity contribution in [3.63, 3.8) is 0 Å². The lowest BCUT2D eigenvalue weighted by atomic mass is 10.1. The largest absolute Gasteiger partial charge is 0.418 e. The number of benzene rings is 2. The van der Waals surface area contributed by atoms with Crippen LogP contribution in [0.4, 0.5) is 24.0 Å². The van der Waals surface area contributed by atoms with Crippen molar-refractivity contribution in [3.8, 4) is 0 Å². The lowest BCUT2D eigenvalue weighted by molar-refractivity contribution is -0.137. The monoisotopic (exact) mass is 465 g/mol. The van der Waals surface area contributed by atoms with Crippen molar-refractivity contribution in [1.82, 2.24) is 4.98 Å². The molecule has 32 heavy (non-hydrogen) atoms. The smallest absolute Gasteiger partial charge is 0.396 e. The molecule has 1 amide bonds. The van der Waals surface area contributed by atoms with E-state index in [9.17, 15) is 18.0 Å². The first kappa shape index (κ1) is 23.7. The third-order valence-electron chi connectivity index (χ3n) is 4.72. The minimum absolute atomic E-state index is 0.00831. The van der Waals surface area contributed by atoms with E-state index in [2.05, 4.69) is 15.6 Å². The number of hydrogen-bond donors (Lipinski definition) is 4. The van der Waals surface area contributed by atoms with Crippen LogP contribution in [-0.4, -0.2) is 34.3 Å². The second-order valence-corrected chi connectivity index (χ2v) is 7.99. The van der Waals surface area contributed by atoms with Gasteiger partial charge >= 0.3 is 6.18 Å². The highest BCUT2D eigenvalue weighted by Crippen LogP contribution is 2.34. The Bertz CT molecular complexity index is 1030. The van der Waals surface area contributed by atoms with Gasteiger partial charge in [-0.1, -0.05) is 24.3 Å². The first-order valence-corrected chi connectivity index (χ1v) is 10.6. The Balaban J connectivity index is 1.58. The van der Waals surface area contributed by atoms with Crippen molar-refractivity contribution in [1.29, 1.82) is 0 Å².